The van der Waals surface area contributed by atoms with Gasteiger partial charge in [0.2, 0.25) is 0 Å². The molecule has 0 atom stereocenters. The second-order valence-corrected chi connectivity index (χ2v) is 9.33. The number of aromatic nitrogens is 1. The molecule has 179 valence electrons. The van der Waals surface area contributed by atoms with Crippen LogP contribution in [-0.4, -0.2) is 30.2 Å². The molecule has 1 aliphatic rings. The number of allylic oxidation sites excluding steroid dienone is 2. The van der Waals surface area contributed by atoms with Gasteiger partial charge in [-0.2, -0.15) is 0 Å². The Bertz CT molecular complexity index is 1490. The molecule has 35 heavy (non-hydrogen) atoms. The third-order valence-corrected chi connectivity index (χ3v) is 6.86. The van der Waals surface area contributed by atoms with Gasteiger partial charge in [-0.05, 0) is 77.1 Å². The van der Waals surface area contributed by atoms with Gasteiger partial charge in [0.15, 0.2) is 16.6 Å². The fraction of sp³-hybridized carbons (Fsp3) is 0.111. The largest absolute Gasteiger partial charge is 0.493 e. The quantitative estimate of drug-likeness (QED) is 0.302. The van der Waals surface area contributed by atoms with Gasteiger partial charge in [-0.3, -0.25) is 15.1 Å². The number of thiophene rings is 1. The van der Waals surface area contributed by atoms with E-state index in [0.29, 0.717) is 16.4 Å². The first kappa shape index (κ1) is 23.0. The van der Waals surface area contributed by atoms with Crippen molar-refractivity contribution in [2.45, 2.75) is 6.92 Å². The number of hydrogen-bond donors (Lipinski definition) is 2. The van der Waals surface area contributed by atoms with Crippen LogP contribution in [0, 0.1) is 12.8 Å². The highest BCUT2D eigenvalue weighted by Gasteiger charge is 2.31. The zero-order valence-electron chi connectivity index (χ0n) is 19.3. The lowest BCUT2D eigenvalue weighted by Crippen LogP contribution is -2.33. The monoisotopic (exact) mass is 504 g/mol. The molecule has 2 heterocycles. The fourth-order valence-corrected chi connectivity index (χ4v) is 4.80. The summed E-state index contributed by atoms with van der Waals surface area (Å²) < 4.78 is 10.9. The van der Waals surface area contributed by atoms with E-state index in [0.717, 1.165) is 33.3 Å². The maximum absolute atomic E-state index is 12.2. The number of carbonyl (C=O) groups is 1. The molecule has 1 radical (unpaired) electrons. The van der Waals surface area contributed by atoms with Crippen LogP contribution in [-0.2, 0) is 0 Å². The number of fused-ring (bicyclic) bond motifs is 1. The Morgan fingerprint density at radius 2 is 1.89 bits per heavy atom. The third-order valence-electron chi connectivity index (χ3n) is 5.79. The molecule has 0 fully saturated rings. The Morgan fingerprint density at radius 1 is 1.09 bits per heavy atom. The zero-order valence-corrected chi connectivity index (χ0v) is 21.0. The molecule has 0 spiro atoms. The Hall–Kier alpha value is -3.75. The fourth-order valence-electron chi connectivity index (χ4n) is 3.97. The maximum Gasteiger partial charge on any atom is 0.267 e. The van der Waals surface area contributed by atoms with E-state index in [9.17, 15) is 4.79 Å². The molecule has 8 heteroatoms. The smallest absolute Gasteiger partial charge is 0.267 e. The summed E-state index contributed by atoms with van der Waals surface area (Å²) in [6.07, 6.45) is 3.98. The number of hydrogen-bond acceptors (Lipinski definition) is 6. The lowest BCUT2D eigenvalue weighted by atomic mass is 9.98. The Morgan fingerprint density at radius 3 is 2.60 bits per heavy atom. The number of benzene rings is 2. The minimum Gasteiger partial charge on any atom is -0.493 e. The number of rotatable bonds is 6. The average molecular weight is 505 g/mol. The van der Waals surface area contributed by atoms with Gasteiger partial charge in [-0.1, -0.05) is 18.2 Å². The first-order valence-corrected chi connectivity index (χ1v) is 12.1. The summed E-state index contributed by atoms with van der Waals surface area (Å²) in [6.45, 7) is 2.01. The molecular formula is C27H26N3O3S2. The van der Waals surface area contributed by atoms with E-state index in [4.69, 9.17) is 21.7 Å². The second-order valence-electron chi connectivity index (χ2n) is 7.97. The SMILES string of the molecule is COc1cc2nccc([C]3C=C3c3ccc(NC(=S)NC(=O)c4cccs4)c(C)c3)c2cc1OC.[HH].[HH]. The number of amides is 1. The van der Waals surface area contributed by atoms with Crippen LogP contribution < -0.4 is 20.1 Å². The van der Waals surface area contributed by atoms with E-state index in [1.807, 2.05) is 54.9 Å². The Kier molecular flexibility index (Phi) is 6.23. The summed E-state index contributed by atoms with van der Waals surface area (Å²) in [5, 5.41) is 8.98. The van der Waals surface area contributed by atoms with Gasteiger partial charge in [0.25, 0.3) is 5.91 Å². The van der Waals surface area contributed by atoms with Crippen LogP contribution in [0.2, 0.25) is 0 Å². The van der Waals surface area contributed by atoms with Crippen LogP contribution in [0.1, 0.15) is 29.2 Å². The number of ether oxygens (including phenoxy) is 2. The van der Waals surface area contributed by atoms with E-state index in [2.05, 4.69) is 27.8 Å². The van der Waals surface area contributed by atoms with E-state index in [1.54, 1.807) is 20.3 Å². The number of pyridine rings is 1. The van der Waals surface area contributed by atoms with Gasteiger partial charge in [0.05, 0.1) is 30.5 Å². The van der Waals surface area contributed by atoms with Crippen LogP contribution in [0.25, 0.3) is 16.5 Å². The summed E-state index contributed by atoms with van der Waals surface area (Å²) in [6, 6.07) is 15.6. The van der Waals surface area contributed by atoms with E-state index in [-0.39, 0.29) is 13.9 Å². The minimum absolute atomic E-state index is 0. The number of methoxy groups -OCH3 is 2. The molecule has 1 aliphatic carbocycles. The number of nitrogens with one attached hydrogen (secondary N) is 2. The number of thiocarbonyl (C=S) groups is 1. The lowest BCUT2D eigenvalue weighted by molar-refractivity contribution is 0.0981. The topological polar surface area (TPSA) is 72.5 Å². The van der Waals surface area contributed by atoms with Gasteiger partial charge in [-0.25, -0.2) is 0 Å². The van der Waals surface area contributed by atoms with Crippen LogP contribution >= 0.6 is 23.6 Å². The highest BCUT2D eigenvalue weighted by atomic mass is 32.1. The van der Waals surface area contributed by atoms with Crippen molar-refractivity contribution < 1.29 is 17.1 Å². The molecule has 2 aromatic heterocycles. The number of carbonyl (C=O) groups excluding carboxylic acids is 1. The Balaban J connectivity index is 0.00000190. The molecule has 2 N–H and O–H groups in total. The summed E-state index contributed by atoms with van der Waals surface area (Å²) in [7, 11) is 3.25. The van der Waals surface area contributed by atoms with Crippen LogP contribution in [0.3, 0.4) is 0 Å². The molecule has 0 bridgehead atoms. The van der Waals surface area contributed by atoms with Crippen LogP contribution in [0.15, 0.2) is 66.2 Å². The number of anilines is 1. The molecule has 1 amide bonds. The molecule has 2 aromatic carbocycles. The van der Waals surface area contributed by atoms with Crippen molar-refractivity contribution in [3.05, 3.63) is 93.7 Å². The molecule has 0 aliphatic heterocycles. The average Bonchev–Trinajstić information content (AvgIpc) is 3.45. The van der Waals surface area contributed by atoms with E-state index in [1.165, 1.54) is 22.8 Å². The van der Waals surface area contributed by atoms with E-state index < -0.39 is 0 Å². The second kappa shape index (κ2) is 9.48. The Labute approximate surface area is 215 Å². The first-order valence-electron chi connectivity index (χ1n) is 10.9. The predicted molar refractivity (Wildman–Crippen MR) is 149 cm³/mol. The van der Waals surface area contributed by atoms with Gasteiger partial charge >= 0.3 is 0 Å². The molecule has 5 rings (SSSR count). The predicted octanol–water partition coefficient (Wildman–Crippen LogP) is 6.26. The lowest BCUT2D eigenvalue weighted by Gasteiger charge is -2.13. The van der Waals surface area contributed by atoms with Crippen molar-refractivity contribution in [3.8, 4) is 11.5 Å². The van der Waals surface area contributed by atoms with Gasteiger partial charge in [-0.15, -0.1) is 11.3 Å². The van der Waals surface area contributed by atoms with Crippen molar-refractivity contribution in [3.63, 3.8) is 0 Å². The van der Waals surface area contributed by atoms with Crippen molar-refractivity contribution in [2.24, 2.45) is 0 Å². The number of aryl methyl sites for hydroxylation is 1. The standard InChI is InChI=1S/C27H22N3O3S2.2H2/c1-15-11-16(6-7-21(15)29-27(34)30-26(31)25-5-4-10-35-25)18-12-19(18)17-8-9-28-22-14-24(33-3)23(32-2)13-20(17)22;;/h4-14H,1-3H3,(H2,29,30,31,34);2*1H. The highest BCUT2D eigenvalue weighted by molar-refractivity contribution is 7.80. The highest BCUT2D eigenvalue weighted by Crippen LogP contribution is 2.48. The first-order chi connectivity index (χ1) is 17.0. The molecule has 0 unspecified atom stereocenters. The summed E-state index contributed by atoms with van der Waals surface area (Å²) in [4.78, 5) is 17.3. The maximum atomic E-state index is 12.2. The zero-order chi connectivity index (χ0) is 24.5. The van der Waals surface area contributed by atoms with Crippen molar-refractivity contribution in [2.75, 3.05) is 19.5 Å². The molecule has 6 nitrogen and oxygen atoms in total. The van der Waals surface area contributed by atoms with Crippen molar-refractivity contribution in [1.29, 1.82) is 0 Å². The summed E-state index contributed by atoms with van der Waals surface area (Å²) >= 11 is 6.70. The van der Waals surface area contributed by atoms with Gasteiger partial charge in [0.1, 0.15) is 0 Å². The van der Waals surface area contributed by atoms with Crippen molar-refractivity contribution in [1.82, 2.24) is 10.3 Å². The minimum atomic E-state index is -0.215. The summed E-state index contributed by atoms with van der Waals surface area (Å²) in [5.41, 5.74) is 6.11. The van der Waals surface area contributed by atoms with E-state index >= 15 is 0 Å². The normalized spacial score (nSPS) is 12.7. The third kappa shape index (κ3) is 4.62. The molecule has 0 saturated heterocycles. The molecular weight excluding hydrogens is 478 g/mol. The molecule has 0 saturated carbocycles. The molecule has 4 aromatic rings. The number of nitrogens with zero attached hydrogens (tertiary/aromatic N) is 1. The van der Waals surface area contributed by atoms with Crippen LogP contribution in [0.4, 0.5) is 5.69 Å². The summed E-state index contributed by atoms with van der Waals surface area (Å²) in [5.74, 6) is 2.28. The van der Waals surface area contributed by atoms with Crippen LogP contribution in [0.5, 0.6) is 11.5 Å². The van der Waals surface area contributed by atoms with Gasteiger partial charge < -0.3 is 14.8 Å². The van der Waals surface area contributed by atoms with Crippen molar-refractivity contribution >= 4 is 56.7 Å². The van der Waals surface area contributed by atoms with Gasteiger partial charge in [0, 0.05) is 26.2 Å².